The van der Waals surface area contributed by atoms with Crippen molar-refractivity contribution in [3.8, 4) is 0 Å². The number of H-pyrrole nitrogens is 1. The van der Waals surface area contributed by atoms with Crippen LogP contribution in [-0.4, -0.2) is 47.4 Å². The molecular formula is C10H16N4O2. The number of nitrogens with zero attached hydrogens (tertiary/aromatic N) is 2. The number of ether oxygens (including phenoxy) is 1. The molecule has 0 spiro atoms. The van der Waals surface area contributed by atoms with Crippen LogP contribution in [0.5, 0.6) is 0 Å². The van der Waals surface area contributed by atoms with Crippen LogP contribution in [0.3, 0.4) is 0 Å². The number of urea groups is 1. The molecule has 1 fully saturated rings. The third kappa shape index (κ3) is 2.33. The van der Waals surface area contributed by atoms with Crippen LogP contribution in [0.15, 0.2) is 6.20 Å². The maximum absolute atomic E-state index is 11.8. The lowest BCUT2D eigenvalue weighted by Crippen LogP contribution is -2.43. The monoisotopic (exact) mass is 224 g/mol. The molecule has 1 saturated heterocycles. The third-order valence-corrected chi connectivity index (χ3v) is 2.63. The van der Waals surface area contributed by atoms with Gasteiger partial charge in [-0.05, 0) is 6.42 Å². The molecule has 6 nitrogen and oxygen atoms in total. The summed E-state index contributed by atoms with van der Waals surface area (Å²) in [5.74, 6) is 0.694. The summed E-state index contributed by atoms with van der Waals surface area (Å²) in [6.07, 6.45) is 2.57. The van der Waals surface area contributed by atoms with Crippen LogP contribution in [0.1, 0.15) is 12.5 Å². The predicted octanol–water partition coefficient (Wildman–Crippen LogP) is 0.836. The SMILES string of the molecule is CCc1cn[nH]c1NC(=O)N1CCOCC1. The molecule has 16 heavy (non-hydrogen) atoms. The van der Waals surface area contributed by atoms with Gasteiger partial charge in [-0.2, -0.15) is 5.10 Å². The largest absolute Gasteiger partial charge is 0.378 e. The lowest BCUT2D eigenvalue weighted by Gasteiger charge is -2.26. The highest BCUT2D eigenvalue weighted by atomic mass is 16.5. The topological polar surface area (TPSA) is 70.2 Å². The fourth-order valence-electron chi connectivity index (χ4n) is 1.64. The summed E-state index contributed by atoms with van der Waals surface area (Å²) in [4.78, 5) is 13.6. The van der Waals surface area contributed by atoms with Crippen molar-refractivity contribution in [1.29, 1.82) is 0 Å². The summed E-state index contributed by atoms with van der Waals surface area (Å²) in [5.41, 5.74) is 1.02. The maximum Gasteiger partial charge on any atom is 0.323 e. The number of aryl methyl sites for hydroxylation is 1. The summed E-state index contributed by atoms with van der Waals surface area (Å²) < 4.78 is 5.19. The first kappa shape index (κ1) is 10.9. The van der Waals surface area contributed by atoms with Crippen molar-refractivity contribution < 1.29 is 9.53 Å². The Labute approximate surface area is 94.0 Å². The van der Waals surface area contributed by atoms with E-state index in [1.165, 1.54) is 0 Å². The Bertz CT molecular complexity index is 357. The standard InChI is InChI=1S/C10H16N4O2/c1-2-8-7-11-13-9(8)12-10(15)14-3-5-16-6-4-14/h7H,2-6H2,1H3,(H2,11,12,13,15). The first-order valence-electron chi connectivity index (χ1n) is 5.47. The molecule has 2 amide bonds. The first-order valence-corrected chi connectivity index (χ1v) is 5.47. The molecule has 0 radical (unpaired) electrons. The average Bonchev–Trinajstić information content (AvgIpc) is 2.77. The number of rotatable bonds is 2. The number of hydrogen-bond acceptors (Lipinski definition) is 3. The minimum atomic E-state index is -0.0951. The summed E-state index contributed by atoms with van der Waals surface area (Å²) in [6.45, 7) is 4.52. The molecule has 2 N–H and O–H groups in total. The molecule has 0 bridgehead atoms. The molecule has 1 aliphatic rings. The zero-order valence-electron chi connectivity index (χ0n) is 9.32. The quantitative estimate of drug-likeness (QED) is 0.782. The number of anilines is 1. The molecule has 2 rings (SSSR count). The first-order chi connectivity index (χ1) is 7.81. The van der Waals surface area contributed by atoms with Gasteiger partial charge >= 0.3 is 6.03 Å². The molecule has 0 atom stereocenters. The van der Waals surface area contributed by atoms with Crippen molar-refractivity contribution >= 4 is 11.8 Å². The molecule has 2 heterocycles. The van der Waals surface area contributed by atoms with Gasteiger partial charge in [0.25, 0.3) is 0 Å². The van der Waals surface area contributed by atoms with E-state index in [0.29, 0.717) is 32.1 Å². The molecule has 0 aromatic carbocycles. The lowest BCUT2D eigenvalue weighted by molar-refractivity contribution is 0.0564. The van der Waals surface area contributed by atoms with Crippen LogP contribution >= 0.6 is 0 Å². The van der Waals surface area contributed by atoms with Crippen molar-refractivity contribution in [1.82, 2.24) is 15.1 Å². The number of morpholine rings is 1. The van der Waals surface area contributed by atoms with Gasteiger partial charge in [0.1, 0.15) is 5.82 Å². The van der Waals surface area contributed by atoms with E-state index in [-0.39, 0.29) is 6.03 Å². The van der Waals surface area contributed by atoms with Crippen LogP contribution in [0, 0.1) is 0 Å². The van der Waals surface area contributed by atoms with Crippen molar-refractivity contribution in [2.45, 2.75) is 13.3 Å². The molecular weight excluding hydrogens is 208 g/mol. The zero-order valence-corrected chi connectivity index (χ0v) is 9.32. The van der Waals surface area contributed by atoms with Crippen LogP contribution in [0.2, 0.25) is 0 Å². The second kappa shape index (κ2) is 4.98. The van der Waals surface area contributed by atoms with E-state index in [4.69, 9.17) is 4.74 Å². The van der Waals surface area contributed by atoms with E-state index in [1.54, 1.807) is 11.1 Å². The summed E-state index contributed by atoms with van der Waals surface area (Å²) in [7, 11) is 0. The number of aromatic nitrogens is 2. The van der Waals surface area contributed by atoms with Crippen LogP contribution in [0.25, 0.3) is 0 Å². The third-order valence-electron chi connectivity index (χ3n) is 2.63. The molecule has 0 saturated carbocycles. The highest BCUT2D eigenvalue weighted by Crippen LogP contribution is 2.12. The number of hydrogen-bond donors (Lipinski definition) is 2. The highest BCUT2D eigenvalue weighted by molar-refractivity contribution is 5.89. The van der Waals surface area contributed by atoms with E-state index in [2.05, 4.69) is 15.5 Å². The predicted molar refractivity (Wildman–Crippen MR) is 59.4 cm³/mol. The van der Waals surface area contributed by atoms with E-state index in [1.807, 2.05) is 6.92 Å². The van der Waals surface area contributed by atoms with Gasteiger partial charge in [-0.3, -0.25) is 10.4 Å². The van der Waals surface area contributed by atoms with E-state index in [0.717, 1.165) is 12.0 Å². The van der Waals surface area contributed by atoms with Gasteiger partial charge in [0, 0.05) is 18.7 Å². The van der Waals surface area contributed by atoms with Crippen molar-refractivity contribution in [2.75, 3.05) is 31.6 Å². The maximum atomic E-state index is 11.8. The summed E-state index contributed by atoms with van der Waals surface area (Å²) >= 11 is 0. The Morgan fingerprint density at radius 2 is 2.38 bits per heavy atom. The van der Waals surface area contributed by atoms with Gasteiger partial charge in [-0.1, -0.05) is 6.92 Å². The fraction of sp³-hybridized carbons (Fsp3) is 0.600. The Morgan fingerprint density at radius 3 is 3.06 bits per heavy atom. The number of amides is 2. The highest BCUT2D eigenvalue weighted by Gasteiger charge is 2.17. The van der Waals surface area contributed by atoms with Gasteiger partial charge in [0.15, 0.2) is 0 Å². The van der Waals surface area contributed by atoms with Gasteiger partial charge in [-0.15, -0.1) is 0 Å². The van der Waals surface area contributed by atoms with Crippen LogP contribution < -0.4 is 5.32 Å². The van der Waals surface area contributed by atoms with E-state index < -0.39 is 0 Å². The van der Waals surface area contributed by atoms with Crippen molar-refractivity contribution in [3.05, 3.63) is 11.8 Å². The zero-order chi connectivity index (χ0) is 11.4. The number of carbonyl (C=O) groups excluding carboxylic acids is 1. The lowest BCUT2D eigenvalue weighted by atomic mass is 10.2. The van der Waals surface area contributed by atoms with Gasteiger partial charge in [0.05, 0.1) is 19.4 Å². The molecule has 0 unspecified atom stereocenters. The smallest absolute Gasteiger partial charge is 0.323 e. The average molecular weight is 224 g/mol. The molecule has 1 aromatic heterocycles. The molecule has 6 heteroatoms. The van der Waals surface area contributed by atoms with Crippen molar-refractivity contribution in [3.63, 3.8) is 0 Å². The van der Waals surface area contributed by atoms with Gasteiger partial charge in [-0.25, -0.2) is 4.79 Å². The summed E-state index contributed by atoms with van der Waals surface area (Å²) in [6, 6.07) is -0.0951. The number of aromatic amines is 1. The van der Waals surface area contributed by atoms with E-state index >= 15 is 0 Å². The fourth-order valence-corrected chi connectivity index (χ4v) is 1.64. The number of carbonyl (C=O) groups is 1. The molecule has 0 aliphatic carbocycles. The number of nitrogens with one attached hydrogen (secondary N) is 2. The van der Waals surface area contributed by atoms with E-state index in [9.17, 15) is 4.79 Å². The molecule has 1 aromatic rings. The normalized spacial score (nSPS) is 16.2. The van der Waals surface area contributed by atoms with Gasteiger partial charge < -0.3 is 9.64 Å². The Hall–Kier alpha value is -1.56. The minimum Gasteiger partial charge on any atom is -0.378 e. The Morgan fingerprint density at radius 1 is 1.62 bits per heavy atom. The minimum absolute atomic E-state index is 0.0951. The summed E-state index contributed by atoms with van der Waals surface area (Å²) in [5, 5.41) is 9.52. The second-order valence-corrected chi connectivity index (χ2v) is 3.65. The van der Waals surface area contributed by atoms with Crippen LogP contribution in [-0.2, 0) is 11.2 Å². The molecule has 1 aliphatic heterocycles. The second-order valence-electron chi connectivity index (χ2n) is 3.65. The Balaban J connectivity index is 1.95. The van der Waals surface area contributed by atoms with Gasteiger partial charge in [0.2, 0.25) is 0 Å². The van der Waals surface area contributed by atoms with Crippen molar-refractivity contribution in [2.24, 2.45) is 0 Å². The van der Waals surface area contributed by atoms with Crippen LogP contribution in [0.4, 0.5) is 10.6 Å². The Kier molecular flexibility index (Phi) is 3.40. The molecule has 88 valence electrons.